The maximum Gasteiger partial charge on any atom is 0.313 e. The van der Waals surface area contributed by atoms with Crippen LogP contribution in [0.4, 0.5) is 0 Å². The predicted octanol–water partition coefficient (Wildman–Crippen LogP) is 2.35. The molecule has 0 bridgehead atoms. The lowest BCUT2D eigenvalue weighted by atomic mass is 9.73. The zero-order valence-corrected chi connectivity index (χ0v) is 20.9. The van der Waals surface area contributed by atoms with Crippen molar-refractivity contribution in [3.05, 3.63) is 24.3 Å². The predicted molar refractivity (Wildman–Crippen MR) is 128 cm³/mol. The number of ether oxygens (including phenoxy) is 2. The Hall–Kier alpha value is -2.19. The largest absolute Gasteiger partial charge is 0.465 e. The Kier molecular flexibility index (Phi) is 6.55. The lowest BCUT2D eigenvalue weighted by Crippen LogP contribution is -2.59. The van der Waals surface area contributed by atoms with Gasteiger partial charge in [-0.3, -0.25) is 14.4 Å². The highest BCUT2D eigenvalue weighted by Gasteiger charge is 2.75. The second-order valence-corrected chi connectivity index (χ2v) is 10.8. The van der Waals surface area contributed by atoms with Gasteiger partial charge in [0, 0.05) is 12.6 Å². The lowest BCUT2D eigenvalue weighted by Gasteiger charge is -2.42. The molecule has 8 heteroatoms. The van der Waals surface area contributed by atoms with E-state index in [9.17, 15) is 19.5 Å². The Morgan fingerprint density at radius 3 is 2.54 bits per heavy atom. The van der Waals surface area contributed by atoms with Crippen molar-refractivity contribution < 1.29 is 29.0 Å². The normalized spacial score (nSPS) is 39.6. The SMILES string of the molecule is CC[C@@]12/C=C\CCCOC(=O)[C@@H]1[C@H]1C(=O)N([C@H](C)CO)C3C(=O)N(C4CCCCC4)CC=C[C@@]31O2. The van der Waals surface area contributed by atoms with Crippen LogP contribution in [0.2, 0.25) is 0 Å². The molecule has 1 N–H and O–H groups in total. The number of aliphatic hydroxyl groups excluding tert-OH is 1. The molecule has 2 amide bonds. The summed E-state index contributed by atoms with van der Waals surface area (Å²) in [5, 5.41) is 10.1. The van der Waals surface area contributed by atoms with E-state index in [2.05, 4.69) is 0 Å². The summed E-state index contributed by atoms with van der Waals surface area (Å²) in [5.74, 6) is -2.65. The number of amides is 2. The first kappa shape index (κ1) is 24.5. The van der Waals surface area contributed by atoms with Crippen LogP contribution in [0.1, 0.15) is 65.2 Å². The second kappa shape index (κ2) is 9.36. The Balaban J connectivity index is 1.65. The quantitative estimate of drug-likeness (QED) is 0.484. The first-order valence-electron chi connectivity index (χ1n) is 13.4. The van der Waals surface area contributed by atoms with Crippen molar-refractivity contribution in [3.8, 4) is 0 Å². The third-order valence-corrected chi connectivity index (χ3v) is 8.86. The van der Waals surface area contributed by atoms with Crippen LogP contribution in [0, 0.1) is 11.8 Å². The van der Waals surface area contributed by atoms with E-state index in [1.807, 2.05) is 36.1 Å². The maximum absolute atomic E-state index is 14.3. The molecule has 0 aromatic carbocycles. The van der Waals surface area contributed by atoms with E-state index in [0.717, 1.165) is 32.1 Å². The molecule has 2 saturated heterocycles. The minimum absolute atomic E-state index is 0.125. The van der Waals surface area contributed by atoms with Crippen LogP contribution >= 0.6 is 0 Å². The minimum Gasteiger partial charge on any atom is -0.465 e. The van der Waals surface area contributed by atoms with Gasteiger partial charge in [-0.1, -0.05) is 50.5 Å². The number of fused-ring (bicyclic) bond motifs is 2. The van der Waals surface area contributed by atoms with E-state index in [0.29, 0.717) is 19.4 Å². The molecular weight excluding hydrogens is 448 g/mol. The van der Waals surface area contributed by atoms with Gasteiger partial charge in [-0.25, -0.2) is 0 Å². The Bertz CT molecular complexity index is 927. The molecule has 5 rings (SSSR count). The molecular formula is C27H38N2O6. The van der Waals surface area contributed by atoms with Crippen molar-refractivity contribution in [1.29, 1.82) is 0 Å². The van der Waals surface area contributed by atoms with E-state index in [1.165, 1.54) is 11.3 Å². The van der Waals surface area contributed by atoms with E-state index >= 15 is 0 Å². The van der Waals surface area contributed by atoms with Gasteiger partial charge in [-0.2, -0.15) is 0 Å². The van der Waals surface area contributed by atoms with Gasteiger partial charge >= 0.3 is 5.97 Å². The summed E-state index contributed by atoms with van der Waals surface area (Å²) < 4.78 is 12.5. The van der Waals surface area contributed by atoms with E-state index < -0.39 is 41.1 Å². The minimum atomic E-state index is -1.29. The maximum atomic E-state index is 14.3. The summed E-state index contributed by atoms with van der Waals surface area (Å²) in [6.07, 6.45) is 14.9. The van der Waals surface area contributed by atoms with Crippen molar-refractivity contribution in [1.82, 2.24) is 9.80 Å². The van der Waals surface area contributed by atoms with Crippen LogP contribution in [-0.4, -0.2) is 81.8 Å². The van der Waals surface area contributed by atoms with Gasteiger partial charge in [0.05, 0.1) is 25.2 Å². The van der Waals surface area contributed by atoms with Crippen LogP contribution < -0.4 is 0 Å². The number of allylic oxidation sites excluding steroid dienone is 1. The van der Waals surface area contributed by atoms with Crippen LogP contribution in [-0.2, 0) is 23.9 Å². The topological polar surface area (TPSA) is 96.4 Å². The van der Waals surface area contributed by atoms with E-state index in [-0.39, 0.29) is 31.1 Å². The van der Waals surface area contributed by atoms with Crippen LogP contribution in [0.15, 0.2) is 24.3 Å². The van der Waals surface area contributed by atoms with Crippen molar-refractivity contribution in [3.63, 3.8) is 0 Å². The number of cyclic esters (lactones) is 1. The van der Waals surface area contributed by atoms with Crippen LogP contribution in [0.25, 0.3) is 0 Å². The number of nitrogens with zero attached hydrogens (tertiary/aromatic N) is 2. The zero-order chi connectivity index (χ0) is 24.8. The highest BCUT2D eigenvalue weighted by molar-refractivity contribution is 5.99. The molecule has 35 heavy (non-hydrogen) atoms. The summed E-state index contributed by atoms with van der Waals surface area (Å²) in [6, 6.07) is -1.39. The van der Waals surface area contributed by atoms with E-state index in [4.69, 9.17) is 9.47 Å². The van der Waals surface area contributed by atoms with Gasteiger partial charge in [0.2, 0.25) is 11.8 Å². The Labute approximate surface area is 207 Å². The first-order valence-corrected chi connectivity index (χ1v) is 13.4. The molecule has 5 aliphatic rings. The zero-order valence-electron chi connectivity index (χ0n) is 20.9. The van der Waals surface area contributed by atoms with Crippen LogP contribution in [0.3, 0.4) is 0 Å². The molecule has 1 unspecified atom stereocenters. The smallest absolute Gasteiger partial charge is 0.313 e. The first-order chi connectivity index (χ1) is 16.9. The molecule has 0 aromatic rings. The molecule has 0 radical (unpaired) electrons. The average molecular weight is 487 g/mol. The monoisotopic (exact) mass is 486 g/mol. The highest BCUT2D eigenvalue weighted by atomic mass is 16.6. The van der Waals surface area contributed by atoms with Gasteiger partial charge in [-0.15, -0.1) is 0 Å². The Morgan fingerprint density at radius 2 is 1.83 bits per heavy atom. The molecule has 1 saturated carbocycles. The fraction of sp³-hybridized carbons (Fsp3) is 0.741. The Morgan fingerprint density at radius 1 is 1.06 bits per heavy atom. The summed E-state index contributed by atoms with van der Waals surface area (Å²) in [5.41, 5.74) is -2.32. The number of rotatable bonds is 4. The number of carbonyl (C=O) groups excluding carboxylic acids is 3. The molecule has 6 atom stereocenters. The fourth-order valence-corrected chi connectivity index (χ4v) is 7.11. The number of carbonyl (C=O) groups is 3. The summed E-state index contributed by atoms with van der Waals surface area (Å²) in [4.78, 5) is 45.3. The van der Waals surface area contributed by atoms with Gasteiger partial charge in [0.15, 0.2) is 0 Å². The number of likely N-dealkylation sites (tertiary alicyclic amines) is 1. The van der Waals surface area contributed by atoms with Gasteiger partial charge < -0.3 is 24.4 Å². The van der Waals surface area contributed by atoms with E-state index in [1.54, 1.807) is 6.92 Å². The lowest BCUT2D eigenvalue weighted by molar-refractivity contribution is -0.163. The van der Waals surface area contributed by atoms with Gasteiger partial charge in [0.1, 0.15) is 23.2 Å². The van der Waals surface area contributed by atoms with Crippen molar-refractivity contribution in [2.45, 2.75) is 94.5 Å². The summed E-state index contributed by atoms with van der Waals surface area (Å²) >= 11 is 0. The van der Waals surface area contributed by atoms with Crippen molar-refractivity contribution in [2.24, 2.45) is 11.8 Å². The molecule has 4 heterocycles. The van der Waals surface area contributed by atoms with Crippen LogP contribution in [0.5, 0.6) is 0 Å². The van der Waals surface area contributed by atoms with Gasteiger partial charge in [0.25, 0.3) is 0 Å². The summed E-state index contributed by atoms with van der Waals surface area (Å²) in [7, 11) is 0. The summed E-state index contributed by atoms with van der Waals surface area (Å²) in [6.45, 7) is 4.16. The highest BCUT2D eigenvalue weighted by Crippen LogP contribution is 2.58. The molecule has 3 fully saturated rings. The molecule has 8 nitrogen and oxygen atoms in total. The van der Waals surface area contributed by atoms with Crippen molar-refractivity contribution >= 4 is 17.8 Å². The van der Waals surface area contributed by atoms with Crippen molar-refractivity contribution in [2.75, 3.05) is 19.8 Å². The molecule has 0 aromatic heterocycles. The number of aliphatic hydroxyl groups is 1. The third kappa shape index (κ3) is 3.67. The fourth-order valence-electron chi connectivity index (χ4n) is 7.11. The molecule has 192 valence electrons. The van der Waals surface area contributed by atoms with Gasteiger partial charge in [-0.05, 0) is 39.0 Å². The second-order valence-electron chi connectivity index (χ2n) is 10.8. The molecule has 4 aliphatic heterocycles. The third-order valence-electron chi connectivity index (χ3n) is 8.86. The standard InChI is InChI=1S/C27H38N2O6/c1-3-26-13-8-5-9-16-34-25(33)21(26)20-23(31)29(18(2)17-30)22-24(32)28(19-11-6-4-7-12-19)15-10-14-27(20,22)35-26/h8,10,13-14,18-22,30H,3-7,9,11-12,15-17H2,1-2H3/b13-8-/t18-,20+,21+,22?,26-,27+/m1/s1. The average Bonchev–Trinajstić information content (AvgIpc) is 3.26. The molecule has 1 spiro atoms. The number of hydrogen-bond acceptors (Lipinski definition) is 6. The number of esters is 1. The molecule has 1 aliphatic carbocycles. The number of hydrogen-bond donors (Lipinski definition) is 1.